The smallest absolute Gasteiger partial charge is 0.192 e. The van der Waals surface area contributed by atoms with E-state index in [0.29, 0.717) is 12.3 Å². The molecule has 118 valence electrons. The van der Waals surface area contributed by atoms with Gasteiger partial charge in [0.25, 0.3) is 0 Å². The summed E-state index contributed by atoms with van der Waals surface area (Å²) in [4.78, 5) is 11.4. The highest BCUT2D eigenvalue weighted by Gasteiger charge is 2.11. The molecule has 0 N–H and O–H groups in total. The Morgan fingerprint density at radius 1 is 1.10 bits per heavy atom. The van der Waals surface area contributed by atoms with Crippen LogP contribution in [0.2, 0.25) is 0 Å². The zero-order valence-corrected chi connectivity index (χ0v) is 15.0. The van der Waals surface area contributed by atoms with Gasteiger partial charge in [-0.1, -0.05) is 77.8 Å². The molecule has 2 heteroatoms. The zero-order chi connectivity index (χ0) is 15.4. The average Bonchev–Trinajstić information content (AvgIpc) is 2.36. The van der Waals surface area contributed by atoms with Gasteiger partial charge in [-0.2, -0.15) is 0 Å². The van der Waals surface area contributed by atoms with E-state index in [9.17, 15) is 4.79 Å². The second kappa shape index (κ2) is 12.5. The summed E-state index contributed by atoms with van der Waals surface area (Å²) >= 11 is 1.42. The molecule has 0 unspecified atom stereocenters. The number of allylic oxidation sites excluding steroid dienone is 2. The number of unbranched alkanes of at least 4 members (excludes halogenated alkanes) is 1. The maximum absolute atomic E-state index is 11.4. The Kier molecular flexibility index (Phi) is 12.3. The molecule has 0 aliphatic carbocycles. The molecule has 0 bridgehead atoms. The molecule has 0 aliphatic heterocycles. The number of thioether (sulfide) groups is 1. The third-order valence-electron chi connectivity index (χ3n) is 3.68. The van der Waals surface area contributed by atoms with Crippen molar-refractivity contribution in [2.24, 2.45) is 17.8 Å². The van der Waals surface area contributed by atoms with E-state index in [1.165, 1.54) is 43.9 Å². The monoisotopic (exact) mass is 298 g/mol. The molecule has 0 amide bonds. The molecule has 0 aliphatic rings. The number of rotatable bonds is 11. The molecule has 0 heterocycles. The van der Waals surface area contributed by atoms with Crippen LogP contribution in [0.1, 0.15) is 73.1 Å². The van der Waals surface area contributed by atoms with E-state index >= 15 is 0 Å². The Balaban J connectivity index is 3.86. The van der Waals surface area contributed by atoms with Crippen LogP contribution in [0, 0.1) is 17.8 Å². The lowest BCUT2D eigenvalue weighted by Gasteiger charge is -2.19. The summed E-state index contributed by atoms with van der Waals surface area (Å²) in [5.41, 5.74) is 0. The lowest BCUT2D eigenvalue weighted by molar-refractivity contribution is -0.110. The largest absolute Gasteiger partial charge is 0.287 e. The predicted molar refractivity (Wildman–Crippen MR) is 93.1 cm³/mol. The summed E-state index contributed by atoms with van der Waals surface area (Å²) in [6.07, 6.45) is 11.5. The first-order valence-electron chi connectivity index (χ1n) is 8.31. The van der Waals surface area contributed by atoms with Gasteiger partial charge in [-0.05, 0) is 36.3 Å². The van der Waals surface area contributed by atoms with Crippen LogP contribution in [0.3, 0.4) is 0 Å². The molecule has 0 rings (SSSR count). The van der Waals surface area contributed by atoms with Crippen LogP contribution in [0.25, 0.3) is 0 Å². The summed E-state index contributed by atoms with van der Waals surface area (Å²) in [6.45, 7) is 11.3. The molecule has 0 aromatic rings. The van der Waals surface area contributed by atoms with Crippen LogP contribution in [0.5, 0.6) is 0 Å². The molecule has 0 aromatic heterocycles. The molecule has 0 radical (unpaired) electrons. The van der Waals surface area contributed by atoms with Crippen molar-refractivity contribution in [2.45, 2.75) is 73.1 Å². The second-order valence-electron chi connectivity index (χ2n) is 6.24. The van der Waals surface area contributed by atoms with Crippen LogP contribution in [0.4, 0.5) is 0 Å². The Morgan fingerprint density at radius 2 is 1.80 bits per heavy atom. The van der Waals surface area contributed by atoms with Gasteiger partial charge in [-0.3, -0.25) is 4.79 Å². The number of carbonyl (C=O) groups excluding carboxylic acids is 1. The molecule has 20 heavy (non-hydrogen) atoms. The number of hydrogen-bond acceptors (Lipinski definition) is 2. The van der Waals surface area contributed by atoms with E-state index in [-0.39, 0.29) is 5.12 Å². The fourth-order valence-corrected chi connectivity index (χ4v) is 3.32. The van der Waals surface area contributed by atoms with Gasteiger partial charge in [0.15, 0.2) is 5.12 Å². The lowest BCUT2D eigenvalue weighted by atomic mass is 9.87. The molecular formula is C18H34OS. The minimum atomic E-state index is 0.289. The van der Waals surface area contributed by atoms with Gasteiger partial charge in [0.05, 0.1) is 0 Å². The van der Waals surface area contributed by atoms with Crippen molar-refractivity contribution in [3.05, 3.63) is 12.2 Å². The van der Waals surface area contributed by atoms with Crippen LogP contribution in [0.15, 0.2) is 12.2 Å². The van der Waals surface area contributed by atoms with Crippen LogP contribution in [-0.4, -0.2) is 10.9 Å². The minimum absolute atomic E-state index is 0.289. The molecule has 0 spiro atoms. The van der Waals surface area contributed by atoms with E-state index in [1.807, 2.05) is 6.92 Å². The van der Waals surface area contributed by atoms with Crippen molar-refractivity contribution in [1.29, 1.82) is 0 Å². The van der Waals surface area contributed by atoms with Gasteiger partial charge in [0.1, 0.15) is 0 Å². The van der Waals surface area contributed by atoms with Gasteiger partial charge in [0, 0.05) is 6.42 Å². The zero-order valence-electron chi connectivity index (χ0n) is 14.2. The molecule has 3 atom stereocenters. The number of carbonyl (C=O) groups is 1. The Hall–Kier alpha value is -0.240. The minimum Gasteiger partial charge on any atom is -0.287 e. The molecule has 0 fully saturated rings. The first kappa shape index (κ1) is 19.8. The highest BCUT2D eigenvalue weighted by molar-refractivity contribution is 8.13. The third-order valence-corrected chi connectivity index (χ3v) is 4.46. The lowest BCUT2D eigenvalue weighted by Crippen LogP contribution is -2.06. The molecule has 0 aromatic carbocycles. The van der Waals surface area contributed by atoms with Gasteiger partial charge in [-0.25, -0.2) is 0 Å². The standard InChI is InChI=1S/C18H34OS/c1-6-8-10-15(3)13-17(5)14-16(4)11-9-12-18(19)20-7-2/h9,11,15-17H,6-8,10,12-14H2,1-5H3/b11-9+/t15-,16+,17+/m0/s1. The molecule has 1 nitrogen and oxygen atoms in total. The third kappa shape index (κ3) is 11.6. The Labute approximate surface area is 131 Å². The number of hydrogen-bond donors (Lipinski definition) is 0. The quantitative estimate of drug-likeness (QED) is 0.429. The van der Waals surface area contributed by atoms with E-state index < -0.39 is 0 Å². The first-order valence-corrected chi connectivity index (χ1v) is 9.30. The maximum Gasteiger partial charge on any atom is 0.192 e. The topological polar surface area (TPSA) is 17.1 Å². The van der Waals surface area contributed by atoms with Crippen molar-refractivity contribution in [2.75, 3.05) is 5.75 Å². The first-order chi connectivity index (χ1) is 9.49. The fraction of sp³-hybridized carbons (Fsp3) is 0.833. The maximum atomic E-state index is 11.4. The van der Waals surface area contributed by atoms with Crippen LogP contribution < -0.4 is 0 Å². The van der Waals surface area contributed by atoms with E-state index in [2.05, 4.69) is 39.8 Å². The van der Waals surface area contributed by atoms with Crippen molar-refractivity contribution in [3.8, 4) is 0 Å². The van der Waals surface area contributed by atoms with E-state index in [0.717, 1.165) is 17.6 Å². The van der Waals surface area contributed by atoms with Gasteiger partial charge in [0.2, 0.25) is 0 Å². The Morgan fingerprint density at radius 3 is 2.40 bits per heavy atom. The summed E-state index contributed by atoms with van der Waals surface area (Å²) < 4.78 is 0. The summed E-state index contributed by atoms with van der Waals surface area (Å²) in [6, 6.07) is 0. The Bertz CT molecular complexity index is 273. The normalized spacial score (nSPS) is 16.2. The highest BCUT2D eigenvalue weighted by atomic mass is 32.2. The average molecular weight is 299 g/mol. The van der Waals surface area contributed by atoms with Crippen LogP contribution in [-0.2, 0) is 4.79 Å². The predicted octanol–water partition coefficient (Wildman–Crippen LogP) is 6.09. The van der Waals surface area contributed by atoms with E-state index in [4.69, 9.17) is 0 Å². The van der Waals surface area contributed by atoms with Crippen molar-refractivity contribution in [1.82, 2.24) is 0 Å². The van der Waals surface area contributed by atoms with Crippen molar-refractivity contribution < 1.29 is 4.79 Å². The second-order valence-corrected chi connectivity index (χ2v) is 7.56. The highest BCUT2D eigenvalue weighted by Crippen LogP contribution is 2.23. The fourth-order valence-electron chi connectivity index (χ4n) is 2.78. The SMILES string of the molecule is CCCC[C@H](C)C[C@@H](C)C[C@H](C)/C=C/CC(=O)SCC. The van der Waals surface area contributed by atoms with Crippen LogP contribution >= 0.6 is 11.8 Å². The molecule has 0 saturated carbocycles. The van der Waals surface area contributed by atoms with E-state index in [1.54, 1.807) is 0 Å². The van der Waals surface area contributed by atoms with Crippen molar-refractivity contribution in [3.63, 3.8) is 0 Å². The van der Waals surface area contributed by atoms with Gasteiger partial charge >= 0.3 is 0 Å². The molecule has 0 saturated heterocycles. The molecular weight excluding hydrogens is 264 g/mol. The summed E-state index contributed by atoms with van der Waals surface area (Å²) in [5, 5.41) is 0.289. The summed E-state index contributed by atoms with van der Waals surface area (Å²) in [5.74, 6) is 3.10. The van der Waals surface area contributed by atoms with Gasteiger partial charge < -0.3 is 0 Å². The van der Waals surface area contributed by atoms with Gasteiger partial charge in [-0.15, -0.1) is 0 Å². The summed E-state index contributed by atoms with van der Waals surface area (Å²) in [7, 11) is 0. The van der Waals surface area contributed by atoms with Crippen molar-refractivity contribution >= 4 is 16.9 Å².